The van der Waals surface area contributed by atoms with Gasteiger partial charge in [0, 0.05) is 29.8 Å². The number of carbonyl (C=O) groups is 1. The van der Waals surface area contributed by atoms with Crippen LogP contribution in [0.5, 0.6) is 0 Å². The second kappa shape index (κ2) is 9.47. The average molecular weight is 459 g/mol. The van der Waals surface area contributed by atoms with E-state index in [9.17, 15) is 18.0 Å². The van der Waals surface area contributed by atoms with E-state index < -0.39 is 11.7 Å². The number of thioether (sulfide) groups is 1. The molecule has 0 saturated heterocycles. The van der Waals surface area contributed by atoms with E-state index in [4.69, 9.17) is 11.6 Å². The number of halogens is 4. The van der Waals surface area contributed by atoms with E-state index in [0.717, 1.165) is 47.5 Å². The van der Waals surface area contributed by atoms with Crippen LogP contribution in [0, 0.1) is 0 Å². The normalized spacial score (nSPS) is 13.9. The molecular formula is C20H22ClF3N4OS. The Labute approximate surface area is 182 Å². The molecule has 2 N–H and O–H groups in total. The van der Waals surface area contributed by atoms with Crippen LogP contribution in [-0.2, 0) is 16.7 Å². The Hall–Kier alpha value is -1.94. The number of amides is 1. The minimum Gasteiger partial charge on any atom is -0.296 e. The van der Waals surface area contributed by atoms with Gasteiger partial charge < -0.3 is 0 Å². The molecule has 5 nitrogen and oxygen atoms in total. The molecule has 10 heteroatoms. The molecule has 162 valence electrons. The lowest BCUT2D eigenvalue weighted by Gasteiger charge is -2.27. The molecule has 30 heavy (non-hydrogen) atoms. The van der Waals surface area contributed by atoms with Gasteiger partial charge in [0.15, 0.2) is 0 Å². The number of benzene rings is 2. The molecule has 0 aromatic heterocycles. The third-order valence-electron chi connectivity index (χ3n) is 4.74. The first-order chi connectivity index (χ1) is 14.2. The summed E-state index contributed by atoms with van der Waals surface area (Å²) in [6, 6.07) is 9.48. The fraction of sp³-hybridized carbons (Fsp3) is 0.350. The summed E-state index contributed by atoms with van der Waals surface area (Å²) in [6.45, 7) is 0. The van der Waals surface area contributed by atoms with E-state index in [-0.39, 0.29) is 9.92 Å². The fourth-order valence-corrected chi connectivity index (χ4v) is 4.48. The molecule has 0 heterocycles. The summed E-state index contributed by atoms with van der Waals surface area (Å²) in [6.07, 6.45) is -1.71. The number of hydrogen-bond donors (Lipinski definition) is 2. The van der Waals surface area contributed by atoms with E-state index in [0.29, 0.717) is 18.1 Å². The molecule has 0 atom stereocenters. The van der Waals surface area contributed by atoms with Crippen LogP contribution in [0.15, 0.2) is 41.3 Å². The van der Waals surface area contributed by atoms with Crippen molar-refractivity contribution < 1.29 is 18.0 Å². The average Bonchev–Trinajstić information content (AvgIpc) is 3.54. The molecule has 0 spiro atoms. The Bertz CT molecular complexity index is 908. The molecule has 2 aromatic carbocycles. The summed E-state index contributed by atoms with van der Waals surface area (Å²) in [5.41, 5.74) is 7.79. The van der Waals surface area contributed by atoms with Crippen molar-refractivity contribution >= 4 is 35.5 Å². The topological polar surface area (TPSA) is 47.6 Å². The first-order valence-corrected chi connectivity index (χ1v) is 10.6. The molecule has 1 aliphatic carbocycles. The van der Waals surface area contributed by atoms with E-state index in [1.807, 2.05) is 18.2 Å². The van der Waals surface area contributed by atoms with Crippen LogP contribution in [0.3, 0.4) is 0 Å². The maximum atomic E-state index is 13.4. The van der Waals surface area contributed by atoms with Gasteiger partial charge in [-0.1, -0.05) is 23.7 Å². The van der Waals surface area contributed by atoms with Crippen molar-refractivity contribution in [2.45, 2.75) is 35.6 Å². The van der Waals surface area contributed by atoms with Crippen molar-refractivity contribution in [3.63, 3.8) is 0 Å². The summed E-state index contributed by atoms with van der Waals surface area (Å²) in [4.78, 5) is 10.9. The third-order valence-corrected chi connectivity index (χ3v) is 6.06. The monoisotopic (exact) mass is 458 g/mol. The van der Waals surface area contributed by atoms with E-state index in [1.54, 1.807) is 19.1 Å². The predicted octanol–water partition coefficient (Wildman–Crippen LogP) is 4.98. The number of carbonyl (C=O) groups excluding carboxylic acids is 1. The van der Waals surface area contributed by atoms with Crippen LogP contribution in [-0.4, -0.2) is 25.5 Å². The van der Waals surface area contributed by atoms with Gasteiger partial charge in [-0.25, -0.2) is 0 Å². The van der Waals surface area contributed by atoms with Crippen molar-refractivity contribution in [3.05, 3.63) is 58.1 Å². The minimum absolute atomic E-state index is 0.0981. The number of hydrogen-bond acceptors (Lipinski definition) is 5. The van der Waals surface area contributed by atoms with Gasteiger partial charge in [0.05, 0.1) is 11.3 Å². The largest absolute Gasteiger partial charge is 0.417 e. The van der Waals surface area contributed by atoms with Crippen molar-refractivity contribution in [3.8, 4) is 0 Å². The number of alkyl halides is 3. The Morgan fingerprint density at radius 2 is 1.93 bits per heavy atom. The Morgan fingerprint density at radius 3 is 2.57 bits per heavy atom. The number of hydrazine groups is 3. The lowest BCUT2D eigenvalue weighted by atomic mass is 10.0. The number of nitrogens with one attached hydrogen (secondary N) is 2. The van der Waals surface area contributed by atoms with Crippen LogP contribution in [0.25, 0.3) is 0 Å². The molecule has 0 radical (unpaired) electrons. The first kappa shape index (κ1) is 22.7. The number of nitrogens with zero attached hydrogens (tertiary/aromatic N) is 2. The molecule has 3 rings (SSSR count). The SMILES string of the molecule is CN(C=O)NNN(C)c1cccc(C2CC2)c1CSc1cc(Cl)ccc1C(F)(F)F. The standard InChI is InChI=1S/C20H22ClF3N4OS/c1-27(12-29)25-26-28(2)18-5-3-4-15(13-6-7-13)16(18)11-30-19-10-14(21)8-9-17(19)20(22,23)24/h3-5,8-10,12-13,25-26H,6-7,11H2,1-2H3. The number of rotatable bonds is 9. The van der Waals surface area contributed by atoms with Crippen molar-refractivity contribution in [1.29, 1.82) is 0 Å². The maximum absolute atomic E-state index is 13.4. The second-order valence-electron chi connectivity index (χ2n) is 7.05. The van der Waals surface area contributed by atoms with Crippen LogP contribution < -0.4 is 16.1 Å². The Kier molecular flexibility index (Phi) is 7.18. The number of anilines is 1. The van der Waals surface area contributed by atoms with Crippen LogP contribution in [0.1, 0.15) is 35.4 Å². The van der Waals surface area contributed by atoms with Gasteiger partial charge in [0.2, 0.25) is 6.41 Å². The second-order valence-corrected chi connectivity index (χ2v) is 8.50. The fourth-order valence-electron chi connectivity index (χ4n) is 3.08. The molecule has 0 aliphatic heterocycles. The molecule has 1 amide bonds. The van der Waals surface area contributed by atoms with Gasteiger partial charge in [-0.15, -0.1) is 17.3 Å². The maximum Gasteiger partial charge on any atom is 0.417 e. The highest BCUT2D eigenvalue weighted by atomic mass is 35.5. The van der Waals surface area contributed by atoms with E-state index in [2.05, 4.69) is 11.1 Å². The highest BCUT2D eigenvalue weighted by Crippen LogP contribution is 2.46. The van der Waals surface area contributed by atoms with Gasteiger partial charge in [-0.3, -0.25) is 14.8 Å². The summed E-state index contributed by atoms with van der Waals surface area (Å²) >= 11 is 7.08. The Morgan fingerprint density at radius 1 is 1.20 bits per heavy atom. The molecule has 0 bridgehead atoms. The molecule has 2 aromatic rings. The zero-order valence-corrected chi connectivity index (χ0v) is 18.0. The smallest absolute Gasteiger partial charge is 0.296 e. The highest BCUT2D eigenvalue weighted by Gasteiger charge is 2.34. The minimum atomic E-state index is -4.45. The molecule has 1 aliphatic rings. The summed E-state index contributed by atoms with van der Waals surface area (Å²) < 4.78 is 40.3. The lowest BCUT2D eigenvalue weighted by molar-refractivity contribution is -0.139. The quantitative estimate of drug-likeness (QED) is 0.315. The lowest BCUT2D eigenvalue weighted by Crippen LogP contribution is -2.52. The van der Waals surface area contributed by atoms with Gasteiger partial charge in [0.1, 0.15) is 0 Å². The molecular weight excluding hydrogens is 437 g/mol. The first-order valence-electron chi connectivity index (χ1n) is 9.25. The van der Waals surface area contributed by atoms with E-state index >= 15 is 0 Å². The van der Waals surface area contributed by atoms with Crippen LogP contribution in [0.4, 0.5) is 18.9 Å². The zero-order chi connectivity index (χ0) is 21.9. The van der Waals surface area contributed by atoms with Gasteiger partial charge in [-0.05, 0) is 54.2 Å². The van der Waals surface area contributed by atoms with Crippen molar-refractivity contribution in [2.24, 2.45) is 0 Å². The third kappa shape index (κ3) is 5.60. The van der Waals surface area contributed by atoms with Gasteiger partial charge >= 0.3 is 6.18 Å². The predicted molar refractivity (Wildman–Crippen MR) is 113 cm³/mol. The van der Waals surface area contributed by atoms with E-state index in [1.165, 1.54) is 17.1 Å². The summed E-state index contributed by atoms with van der Waals surface area (Å²) in [5, 5.41) is 3.17. The van der Waals surface area contributed by atoms with Gasteiger partial charge in [-0.2, -0.15) is 18.7 Å². The summed E-state index contributed by atoms with van der Waals surface area (Å²) in [7, 11) is 3.31. The van der Waals surface area contributed by atoms with Crippen molar-refractivity contribution in [2.75, 3.05) is 19.1 Å². The van der Waals surface area contributed by atoms with Crippen molar-refractivity contribution in [1.82, 2.24) is 16.1 Å². The molecule has 0 unspecified atom stereocenters. The zero-order valence-electron chi connectivity index (χ0n) is 16.5. The van der Waals surface area contributed by atoms with Gasteiger partial charge in [0.25, 0.3) is 0 Å². The Balaban J connectivity index is 1.88. The van der Waals surface area contributed by atoms with Crippen LogP contribution >= 0.6 is 23.4 Å². The summed E-state index contributed by atoms with van der Waals surface area (Å²) in [5.74, 6) is 0.766. The molecule has 1 saturated carbocycles. The van der Waals surface area contributed by atoms with Crippen LogP contribution in [0.2, 0.25) is 5.02 Å². The molecule has 1 fully saturated rings. The highest BCUT2D eigenvalue weighted by molar-refractivity contribution is 7.98.